The quantitative estimate of drug-likeness (QED) is 0.390. The van der Waals surface area contributed by atoms with Gasteiger partial charge in [0, 0.05) is 44.4 Å². The minimum absolute atomic E-state index is 0.0386. The number of pyridine rings is 1. The first kappa shape index (κ1) is 25.2. The van der Waals surface area contributed by atoms with Crippen molar-refractivity contribution in [3.8, 4) is 10.8 Å². The van der Waals surface area contributed by atoms with Gasteiger partial charge in [-0.15, -0.1) is 11.3 Å². The summed E-state index contributed by atoms with van der Waals surface area (Å²) >= 11 is 1.08. The molecule has 0 radical (unpaired) electrons. The first-order chi connectivity index (χ1) is 17.7. The van der Waals surface area contributed by atoms with Crippen molar-refractivity contribution in [2.75, 3.05) is 33.2 Å². The van der Waals surface area contributed by atoms with Gasteiger partial charge < -0.3 is 15.4 Å². The molecule has 37 heavy (non-hydrogen) atoms. The second kappa shape index (κ2) is 10.1. The van der Waals surface area contributed by atoms with Gasteiger partial charge in [0.05, 0.1) is 28.5 Å². The molecule has 1 aromatic carbocycles. The zero-order valence-corrected chi connectivity index (χ0v) is 20.8. The summed E-state index contributed by atoms with van der Waals surface area (Å²) in [5.74, 6) is -0.613. The van der Waals surface area contributed by atoms with Crippen LogP contribution in [0.5, 0.6) is 5.75 Å². The molecule has 0 spiro atoms. The number of thiophene rings is 1. The van der Waals surface area contributed by atoms with E-state index in [4.69, 9.17) is 10.5 Å². The predicted octanol–water partition coefficient (Wildman–Crippen LogP) is 3.93. The van der Waals surface area contributed by atoms with Gasteiger partial charge in [0.1, 0.15) is 28.6 Å². The van der Waals surface area contributed by atoms with E-state index < -0.39 is 17.6 Å². The van der Waals surface area contributed by atoms with Crippen molar-refractivity contribution >= 4 is 28.3 Å². The minimum Gasteiger partial charge on any atom is -0.487 e. The van der Waals surface area contributed by atoms with Crippen LogP contribution in [0.1, 0.15) is 26.5 Å². The maximum Gasteiger partial charge on any atom is 0.416 e. The van der Waals surface area contributed by atoms with Crippen LogP contribution in [0.4, 0.5) is 13.2 Å². The van der Waals surface area contributed by atoms with Gasteiger partial charge in [-0.25, -0.2) is 4.98 Å². The number of likely N-dealkylation sites (N-methyl/N-ethyl adjacent to an activating group) is 1. The minimum atomic E-state index is -4.52. The fourth-order valence-electron chi connectivity index (χ4n) is 4.29. The third-order valence-corrected chi connectivity index (χ3v) is 7.45. The lowest BCUT2D eigenvalue weighted by Gasteiger charge is -2.32. The fraction of sp³-hybridized carbons (Fsp3) is 0.320. The number of fused-ring (bicyclic) bond motifs is 1. The number of hydrogen-bond acceptors (Lipinski definition) is 7. The van der Waals surface area contributed by atoms with Crippen LogP contribution in [0, 0.1) is 0 Å². The van der Waals surface area contributed by atoms with Crippen molar-refractivity contribution in [2.24, 2.45) is 5.73 Å². The Morgan fingerprint density at radius 1 is 1.14 bits per heavy atom. The van der Waals surface area contributed by atoms with Gasteiger partial charge >= 0.3 is 6.18 Å². The Hall–Kier alpha value is -3.48. The highest BCUT2D eigenvalue weighted by Crippen LogP contribution is 2.36. The molecule has 5 rings (SSSR count). The van der Waals surface area contributed by atoms with Crippen LogP contribution in [0.2, 0.25) is 0 Å². The number of alkyl halides is 3. The van der Waals surface area contributed by atoms with E-state index in [-0.39, 0.29) is 22.8 Å². The highest BCUT2D eigenvalue weighted by Gasteiger charge is 2.33. The highest BCUT2D eigenvalue weighted by atomic mass is 32.1. The molecule has 1 amide bonds. The van der Waals surface area contributed by atoms with E-state index in [0.717, 1.165) is 66.9 Å². The maximum absolute atomic E-state index is 13.3. The molecular formula is C25H25F3N6O2S. The van der Waals surface area contributed by atoms with E-state index in [1.165, 1.54) is 18.2 Å². The zero-order valence-electron chi connectivity index (χ0n) is 20.0. The summed E-state index contributed by atoms with van der Waals surface area (Å²) in [4.78, 5) is 26.0. The van der Waals surface area contributed by atoms with Crippen LogP contribution in [0.25, 0.3) is 16.0 Å². The molecule has 4 heterocycles. The summed E-state index contributed by atoms with van der Waals surface area (Å²) in [5.41, 5.74) is 7.11. The number of benzene rings is 1. The van der Waals surface area contributed by atoms with Gasteiger partial charge in [0.2, 0.25) is 0 Å². The Kier molecular flexibility index (Phi) is 6.88. The predicted molar refractivity (Wildman–Crippen MR) is 134 cm³/mol. The molecule has 194 valence electrons. The summed E-state index contributed by atoms with van der Waals surface area (Å²) in [6, 6.07) is 8.69. The maximum atomic E-state index is 13.3. The molecule has 1 aliphatic rings. The van der Waals surface area contributed by atoms with Crippen molar-refractivity contribution < 1.29 is 22.7 Å². The summed E-state index contributed by atoms with van der Waals surface area (Å²) in [6.07, 6.45) is -1.17. The Morgan fingerprint density at radius 2 is 1.89 bits per heavy atom. The van der Waals surface area contributed by atoms with Crippen LogP contribution in [0.3, 0.4) is 0 Å². The van der Waals surface area contributed by atoms with Crippen molar-refractivity contribution in [1.29, 1.82) is 0 Å². The molecular weight excluding hydrogens is 505 g/mol. The largest absolute Gasteiger partial charge is 0.487 e. The standard InChI is InChI=1S/C25H25F3N6O2S/c1-32-6-8-33(9-7-32)13-17-10-19-20(12-30-17)34(15-31-19)22-11-21(23(37-22)24(29)35)36-14-16-4-2-3-5-18(16)25(26,27)28/h2-5,10-12,15H,6-9,13-14H2,1H3,(H2,29,35). The number of nitrogens with zero attached hydrogens (tertiary/aromatic N) is 5. The van der Waals surface area contributed by atoms with E-state index in [9.17, 15) is 18.0 Å². The van der Waals surface area contributed by atoms with Crippen molar-refractivity contribution in [1.82, 2.24) is 24.3 Å². The summed E-state index contributed by atoms with van der Waals surface area (Å²) in [7, 11) is 2.11. The summed E-state index contributed by atoms with van der Waals surface area (Å²) in [5, 5.41) is 0.587. The number of carbonyl (C=O) groups excluding carboxylic acids is 1. The Labute approximate surface area is 215 Å². The number of carbonyl (C=O) groups is 1. The van der Waals surface area contributed by atoms with Gasteiger partial charge in [0.25, 0.3) is 5.91 Å². The SMILES string of the molecule is CN1CCN(Cc2cc3ncn(-c4cc(OCc5ccccc5C(F)(F)F)c(C(N)=O)s4)c3cn2)CC1. The van der Waals surface area contributed by atoms with Crippen LogP contribution >= 0.6 is 11.3 Å². The number of primary amides is 1. The van der Waals surface area contributed by atoms with Gasteiger partial charge in [0.15, 0.2) is 0 Å². The van der Waals surface area contributed by atoms with E-state index >= 15 is 0 Å². The molecule has 12 heteroatoms. The average Bonchev–Trinajstić information content (AvgIpc) is 3.48. The lowest BCUT2D eigenvalue weighted by Crippen LogP contribution is -2.43. The number of halogens is 3. The molecule has 3 aromatic heterocycles. The molecule has 0 bridgehead atoms. The smallest absolute Gasteiger partial charge is 0.416 e. The number of amides is 1. The molecule has 8 nitrogen and oxygen atoms in total. The molecule has 0 aliphatic carbocycles. The molecule has 4 aromatic rings. The fourth-order valence-corrected chi connectivity index (χ4v) is 5.22. The second-order valence-electron chi connectivity index (χ2n) is 8.94. The lowest BCUT2D eigenvalue weighted by molar-refractivity contribution is -0.138. The Bertz CT molecular complexity index is 1430. The number of hydrogen-bond donors (Lipinski definition) is 1. The number of aromatic nitrogens is 3. The normalized spacial score (nSPS) is 15.4. The summed E-state index contributed by atoms with van der Waals surface area (Å²) < 4.78 is 47.5. The van der Waals surface area contributed by atoms with Crippen molar-refractivity contribution in [3.05, 3.63) is 70.6 Å². The molecule has 1 fully saturated rings. The number of imidazole rings is 1. The molecule has 0 atom stereocenters. The van der Waals surface area contributed by atoms with Gasteiger partial charge in [-0.05, 0) is 19.2 Å². The van der Waals surface area contributed by atoms with Gasteiger partial charge in [-0.1, -0.05) is 18.2 Å². The Balaban J connectivity index is 1.38. The first-order valence-corrected chi connectivity index (χ1v) is 12.5. The van der Waals surface area contributed by atoms with Crippen molar-refractivity contribution in [2.45, 2.75) is 19.3 Å². The number of piperazine rings is 1. The van der Waals surface area contributed by atoms with Gasteiger partial charge in [-0.2, -0.15) is 13.2 Å². The Morgan fingerprint density at radius 3 is 2.62 bits per heavy atom. The van der Waals surface area contributed by atoms with E-state index in [1.807, 2.05) is 6.07 Å². The average molecular weight is 531 g/mol. The molecule has 0 unspecified atom stereocenters. The topological polar surface area (TPSA) is 89.5 Å². The van der Waals surface area contributed by atoms with E-state index in [2.05, 4.69) is 26.8 Å². The highest BCUT2D eigenvalue weighted by molar-refractivity contribution is 7.16. The van der Waals surface area contributed by atoms with E-state index in [1.54, 1.807) is 23.2 Å². The monoisotopic (exact) mass is 530 g/mol. The number of ether oxygens (including phenoxy) is 1. The third-order valence-electron chi connectivity index (χ3n) is 6.32. The van der Waals surface area contributed by atoms with E-state index in [0.29, 0.717) is 5.00 Å². The van der Waals surface area contributed by atoms with Crippen LogP contribution in [-0.4, -0.2) is 63.5 Å². The molecule has 1 aliphatic heterocycles. The second-order valence-corrected chi connectivity index (χ2v) is 9.97. The van der Waals surface area contributed by atoms with Crippen molar-refractivity contribution in [3.63, 3.8) is 0 Å². The lowest BCUT2D eigenvalue weighted by atomic mass is 10.1. The van der Waals surface area contributed by atoms with Crippen LogP contribution in [-0.2, 0) is 19.3 Å². The van der Waals surface area contributed by atoms with Crippen LogP contribution in [0.15, 0.2) is 48.9 Å². The summed E-state index contributed by atoms with van der Waals surface area (Å²) in [6.45, 7) is 4.36. The van der Waals surface area contributed by atoms with Crippen LogP contribution < -0.4 is 10.5 Å². The molecule has 2 N–H and O–H groups in total. The number of rotatable bonds is 7. The third kappa shape index (κ3) is 5.45. The zero-order chi connectivity index (χ0) is 26.2. The number of nitrogens with two attached hydrogens (primary N) is 1. The first-order valence-electron chi connectivity index (χ1n) is 11.6. The molecule has 1 saturated heterocycles. The van der Waals surface area contributed by atoms with Gasteiger partial charge in [-0.3, -0.25) is 19.2 Å². The molecule has 0 saturated carbocycles.